The Balaban J connectivity index is -0.00000157. The minimum absolute atomic E-state index is 0. The molecule has 0 bridgehead atoms. The zero-order valence-corrected chi connectivity index (χ0v) is 34.3. The summed E-state index contributed by atoms with van der Waals surface area (Å²) in [6.07, 6.45) is -37.5. The number of hydrogen-bond acceptors (Lipinski definition) is 28. The number of rotatable bonds is 23. The Kier molecular flexibility index (Phi) is 31.0. The van der Waals surface area contributed by atoms with Crippen LogP contribution in [0.2, 0.25) is 0 Å². The van der Waals surface area contributed by atoms with Crippen LogP contribution in [0.3, 0.4) is 0 Å². The smallest absolute Gasteiger partial charge is 1.00 e. The third kappa shape index (κ3) is 18.9. The van der Waals surface area contributed by atoms with Crippen molar-refractivity contribution in [3.05, 3.63) is 0 Å². The van der Waals surface area contributed by atoms with Gasteiger partial charge in [0.25, 0.3) is 0 Å². The number of carboxylic acids is 1. The van der Waals surface area contributed by atoms with Crippen molar-refractivity contribution in [2.75, 3.05) is 26.4 Å². The number of carbonyl (C=O) groups excluding carboxylic acids is 4. The van der Waals surface area contributed by atoms with E-state index in [9.17, 15) is 85.6 Å². The number of carbonyl (C=O) groups is 4. The molecule has 0 aliphatic rings. The van der Waals surface area contributed by atoms with Gasteiger partial charge >= 0.3 is 285 Å². The summed E-state index contributed by atoms with van der Waals surface area (Å²) in [6.45, 7) is -4.31. The molecule has 314 valence electrons. The van der Waals surface area contributed by atoms with E-state index in [1.54, 1.807) is 0 Å². The first-order valence-corrected chi connectivity index (χ1v) is 18.6. The average Bonchev–Trinajstić information content (AvgIpc) is 3.15. The molecule has 0 heterocycles. The fourth-order valence-electron chi connectivity index (χ4n) is 3.09. The van der Waals surface area contributed by atoms with Crippen LogP contribution in [0.5, 0.6) is 0 Å². The molecule has 0 aliphatic carbocycles. The van der Waals surface area contributed by atoms with Crippen LogP contribution in [0, 0.1) is 0 Å². The molecule has 0 rings (SSSR count). The van der Waals surface area contributed by atoms with E-state index in [1.165, 1.54) is 0 Å². The molecule has 0 unspecified atom stereocenters. The normalized spacial score (nSPS) is 20.5. The third-order valence-corrected chi connectivity index (χ3v) is 10.3. The Bertz CT molecular complexity index is 993. The van der Waals surface area contributed by atoms with Gasteiger partial charge in [0, 0.05) is 0 Å². The van der Waals surface area contributed by atoms with E-state index in [2.05, 4.69) is 8.44 Å². The van der Waals surface area contributed by atoms with Crippen LogP contribution < -0.4 is 56.5 Å². The zero-order chi connectivity index (χ0) is 42.1. The van der Waals surface area contributed by atoms with E-state index in [0.29, 0.717) is 0 Å². The molecule has 30 heteroatoms. The Morgan fingerprint density at radius 3 is 0.741 bits per heavy atom. The van der Waals surface area contributed by atoms with Crippen molar-refractivity contribution in [2.45, 2.75) is 97.7 Å². The van der Waals surface area contributed by atoms with Crippen molar-refractivity contribution >= 4 is 46.9 Å². The molecular weight excluding hydrogens is 984 g/mol. The largest absolute Gasteiger partial charge is 1.00 e. The van der Waals surface area contributed by atoms with Crippen LogP contribution in [0.4, 0.5) is 0 Å². The molecule has 0 saturated carbocycles. The Hall–Kier alpha value is -0.401. The summed E-state index contributed by atoms with van der Waals surface area (Å²) in [4.78, 5) is 46.6. The van der Waals surface area contributed by atoms with Crippen LogP contribution in [0.15, 0.2) is 0 Å². The first-order valence-electron chi connectivity index (χ1n) is 14.4. The fourth-order valence-corrected chi connectivity index (χ4v) is 6.49. The number of hydrogen-bond donors (Lipinski definition) is 20. The maximum atomic E-state index is 12.2. The van der Waals surface area contributed by atoms with Gasteiger partial charge in [0.2, 0.25) is 0 Å². The molecule has 0 aliphatic heterocycles. The van der Waals surface area contributed by atoms with Gasteiger partial charge in [-0.3, -0.25) is 0 Å². The van der Waals surface area contributed by atoms with Gasteiger partial charge in [0.15, 0.2) is 0 Å². The molecule has 0 radical (unpaired) electrons. The topological polar surface area (TPSA) is 524 Å². The zero-order valence-electron chi connectivity index (χ0n) is 27.7. The van der Waals surface area contributed by atoms with E-state index in [0.717, 1.165) is 0 Å². The Morgan fingerprint density at radius 1 is 0.389 bits per heavy atom. The van der Waals surface area contributed by atoms with Crippen molar-refractivity contribution in [2.24, 2.45) is 0 Å². The molecule has 16 atom stereocenters. The van der Waals surface area contributed by atoms with Crippen LogP contribution in [0.1, 0.15) is 0 Å². The van der Waals surface area contributed by atoms with E-state index < -0.39 is 171 Å². The second-order valence-corrected chi connectivity index (χ2v) is 14.3. The predicted octanol–water partition coefficient (Wildman–Crippen LogP) is -18.9. The summed E-state index contributed by atoms with van der Waals surface area (Å²) in [5.74, 6) is -8.04. The Labute approximate surface area is 354 Å². The van der Waals surface area contributed by atoms with Gasteiger partial charge in [0.1, 0.15) is 24.4 Å². The van der Waals surface area contributed by atoms with Gasteiger partial charge in [-0.25, -0.2) is 0 Å². The minimum Gasteiger partial charge on any atom is 1.00 e. The van der Waals surface area contributed by atoms with Crippen molar-refractivity contribution < 1.29 is 186 Å². The van der Waals surface area contributed by atoms with Crippen molar-refractivity contribution in [3.63, 3.8) is 0 Å². The van der Waals surface area contributed by atoms with Gasteiger partial charge < -0.3 is 35.4 Å². The van der Waals surface area contributed by atoms with Gasteiger partial charge in [-0.1, -0.05) is 0 Å². The van der Waals surface area contributed by atoms with Crippen LogP contribution in [-0.4, -0.2) is 273 Å². The summed E-state index contributed by atoms with van der Waals surface area (Å²) < 4.78 is 13.4. The molecule has 0 aromatic heterocycles. The van der Waals surface area contributed by atoms with Gasteiger partial charge in [-0.2, -0.15) is 0 Å². The van der Waals surface area contributed by atoms with Crippen molar-refractivity contribution in [1.82, 2.24) is 0 Å². The second-order valence-electron chi connectivity index (χ2n) is 10.5. The van der Waals surface area contributed by atoms with Gasteiger partial charge in [-0.15, -0.1) is 0 Å². The third-order valence-electron chi connectivity index (χ3n) is 6.48. The van der Waals surface area contributed by atoms with Crippen LogP contribution in [-0.2, 0) is 27.6 Å². The SMILES string of the molecule is O=C([O-])[C@H](O)[C@@H](O)[C@H](O)[C@H](O)CO.O=C([O][Bi]([O]C(=O)[C@H](O)[C@@H](O)[C@H](O)[C@H](O)CO)[O]C(=O)[C@H](O)[C@@H](O)[C@H](O)[C@H](O)CO)[C@H](O)[C@@H](O)[C@H](O)[C@H](O)CO.[K+]. The number of aliphatic carboxylic acids is 1. The summed E-state index contributed by atoms with van der Waals surface area (Å²) in [7, 11) is 0. The molecule has 0 saturated heterocycles. The van der Waals surface area contributed by atoms with Crippen LogP contribution >= 0.6 is 0 Å². The number of aliphatic hydroxyl groups is 20. The number of aliphatic hydroxyl groups excluding tert-OH is 20. The minimum atomic E-state index is -5.64. The van der Waals surface area contributed by atoms with Crippen LogP contribution in [0.25, 0.3) is 0 Å². The van der Waals surface area contributed by atoms with E-state index >= 15 is 0 Å². The predicted molar refractivity (Wildman–Crippen MR) is 153 cm³/mol. The standard InChI is InChI=1S/4C6H12O7.Bi.K/c4*7-1-2(8)3(9)4(10)5(11)6(12)13;;/h4*2-5,7-11H,1H2,(H,12,13);;/q;;;;+3;+1/p-4/t4*2-,3-,4+,5-;;/m1111../s1. The van der Waals surface area contributed by atoms with Crippen molar-refractivity contribution in [1.29, 1.82) is 0 Å². The average molecular weight is 1030 g/mol. The summed E-state index contributed by atoms with van der Waals surface area (Å²) in [6, 6.07) is 0. The first kappa shape index (κ1) is 57.9. The second kappa shape index (κ2) is 28.9. The first-order chi connectivity index (χ1) is 24.4. The monoisotopic (exact) mass is 1030 g/mol. The summed E-state index contributed by atoms with van der Waals surface area (Å²) in [5, 5.41) is 195. The molecule has 28 nitrogen and oxygen atoms in total. The Morgan fingerprint density at radius 2 is 0.574 bits per heavy atom. The summed E-state index contributed by atoms with van der Waals surface area (Å²) >= 11 is -5.64. The van der Waals surface area contributed by atoms with Gasteiger partial charge in [-0.05, 0) is 0 Å². The van der Waals surface area contributed by atoms with Crippen molar-refractivity contribution in [3.8, 4) is 0 Å². The molecule has 0 aromatic rings. The molecular formula is C24H44BiKO28. The molecule has 0 fully saturated rings. The summed E-state index contributed by atoms with van der Waals surface area (Å²) in [5.41, 5.74) is 0. The molecule has 0 spiro atoms. The number of carboxylic acid groups (broad SMARTS) is 1. The van der Waals surface area contributed by atoms with E-state index in [4.69, 9.17) is 40.9 Å². The van der Waals surface area contributed by atoms with E-state index in [1.807, 2.05) is 0 Å². The quantitative estimate of drug-likeness (QED) is 0.0423. The fraction of sp³-hybridized carbons (Fsp3) is 0.833. The molecule has 54 heavy (non-hydrogen) atoms. The molecule has 0 aromatic carbocycles. The van der Waals surface area contributed by atoms with E-state index in [-0.39, 0.29) is 51.4 Å². The molecule has 20 N–H and O–H groups in total. The molecule has 0 amide bonds. The maximum absolute atomic E-state index is 12.2. The maximum Gasteiger partial charge on any atom is 1.00 e. The van der Waals surface area contributed by atoms with Gasteiger partial charge in [0.05, 0.1) is 12.6 Å².